The van der Waals surface area contributed by atoms with Crippen LogP contribution in [0.25, 0.3) is 0 Å². The third-order valence-corrected chi connectivity index (χ3v) is 3.82. The minimum Gasteiger partial charge on any atom is -0.310 e. The third kappa shape index (κ3) is 5.14. The normalized spacial score (nSPS) is 13.5. The molecular formula is C13H22N2O2S. The third-order valence-electron chi connectivity index (χ3n) is 2.84. The van der Waals surface area contributed by atoms with Gasteiger partial charge in [-0.05, 0) is 37.9 Å². The molecule has 0 radical (unpaired) electrons. The Morgan fingerprint density at radius 3 is 2.72 bits per heavy atom. The summed E-state index contributed by atoms with van der Waals surface area (Å²) >= 11 is 0. The number of aromatic nitrogens is 1. The van der Waals surface area contributed by atoms with Crippen LogP contribution in [0, 0.1) is 6.92 Å². The molecule has 0 aliphatic rings. The summed E-state index contributed by atoms with van der Waals surface area (Å²) in [4.78, 5) is 4.26. The van der Waals surface area contributed by atoms with Gasteiger partial charge in [-0.3, -0.25) is 4.98 Å². The summed E-state index contributed by atoms with van der Waals surface area (Å²) in [6.45, 7) is 4.93. The molecule has 1 heterocycles. The van der Waals surface area contributed by atoms with Crippen LogP contribution >= 0.6 is 0 Å². The van der Waals surface area contributed by atoms with E-state index in [0.29, 0.717) is 6.42 Å². The van der Waals surface area contributed by atoms with Crippen LogP contribution in [0.1, 0.15) is 37.1 Å². The van der Waals surface area contributed by atoms with Gasteiger partial charge in [0.1, 0.15) is 9.84 Å². The highest BCUT2D eigenvalue weighted by Crippen LogP contribution is 2.19. The first-order valence-electron chi connectivity index (χ1n) is 6.26. The highest BCUT2D eigenvalue weighted by atomic mass is 32.2. The number of pyridine rings is 1. The van der Waals surface area contributed by atoms with Gasteiger partial charge < -0.3 is 5.32 Å². The Morgan fingerprint density at radius 2 is 2.17 bits per heavy atom. The zero-order valence-corrected chi connectivity index (χ0v) is 12.1. The van der Waals surface area contributed by atoms with Crippen LogP contribution in [-0.2, 0) is 9.84 Å². The van der Waals surface area contributed by atoms with Crippen molar-refractivity contribution in [3.63, 3.8) is 0 Å². The van der Waals surface area contributed by atoms with Gasteiger partial charge in [-0.2, -0.15) is 0 Å². The van der Waals surface area contributed by atoms with Crippen molar-refractivity contribution >= 4 is 9.84 Å². The Balaban J connectivity index is 2.81. The molecule has 0 fully saturated rings. The van der Waals surface area contributed by atoms with Crippen molar-refractivity contribution in [2.24, 2.45) is 0 Å². The first-order chi connectivity index (χ1) is 8.44. The van der Waals surface area contributed by atoms with E-state index in [1.165, 1.54) is 6.26 Å². The minimum absolute atomic E-state index is 0.0633. The summed E-state index contributed by atoms with van der Waals surface area (Å²) in [5.74, 6) is 0.197. The lowest BCUT2D eigenvalue weighted by Gasteiger charge is -2.20. The van der Waals surface area contributed by atoms with E-state index < -0.39 is 9.84 Å². The van der Waals surface area contributed by atoms with E-state index in [-0.39, 0.29) is 11.8 Å². The molecule has 0 aliphatic carbocycles. The van der Waals surface area contributed by atoms with Gasteiger partial charge >= 0.3 is 0 Å². The van der Waals surface area contributed by atoms with Gasteiger partial charge in [0, 0.05) is 24.2 Å². The number of aryl methyl sites for hydroxylation is 1. The second-order valence-corrected chi connectivity index (χ2v) is 6.86. The standard InChI is InChI=1S/C13H22N2O2S/c1-4-8-15-13(7-10-18(3,16)17)12-6-5-9-14-11(12)2/h5-6,9,13,15H,4,7-8,10H2,1-3H3. The van der Waals surface area contributed by atoms with Gasteiger partial charge in [-0.1, -0.05) is 13.0 Å². The van der Waals surface area contributed by atoms with Gasteiger partial charge in [-0.15, -0.1) is 0 Å². The Bertz CT molecular complexity index is 472. The van der Waals surface area contributed by atoms with Crippen LogP contribution in [0.15, 0.2) is 18.3 Å². The molecule has 4 nitrogen and oxygen atoms in total. The van der Waals surface area contributed by atoms with Crippen LogP contribution in [0.3, 0.4) is 0 Å². The zero-order valence-electron chi connectivity index (χ0n) is 11.3. The average Bonchev–Trinajstić information content (AvgIpc) is 2.29. The lowest BCUT2D eigenvalue weighted by Crippen LogP contribution is -2.25. The highest BCUT2D eigenvalue weighted by Gasteiger charge is 2.15. The molecule has 1 atom stereocenters. The van der Waals surface area contributed by atoms with Crippen molar-refractivity contribution in [2.75, 3.05) is 18.6 Å². The fourth-order valence-electron chi connectivity index (χ4n) is 1.88. The average molecular weight is 270 g/mol. The summed E-state index contributed by atoms with van der Waals surface area (Å²) in [5.41, 5.74) is 2.05. The summed E-state index contributed by atoms with van der Waals surface area (Å²) in [5, 5.41) is 3.39. The van der Waals surface area contributed by atoms with Gasteiger partial charge in [0.2, 0.25) is 0 Å². The van der Waals surface area contributed by atoms with E-state index in [2.05, 4.69) is 17.2 Å². The summed E-state index contributed by atoms with van der Waals surface area (Å²) in [6.07, 6.45) is 4.65. The van der Waals surface area contributed by atoms with E-state index in [0.717, 1.165) is 24.2 Å². The Morgan fingerprint density at radius 1 is 1.44 bits per heavy atom. The summed E-state index contributed by atoms with van der Waals surface area (Å²) in [6, 6.07) is 3.97. The SMILES string of the molecule is CCCNC(CCS(C)(=O)=O)c1cccnc1C. The highest BCUT2D eigenvalue weighted by molar-refractivity contribution is 7.90. The first-order valence-corrected chi connectivity index (χ1v) is 8.32. The van der Waals surface area contributed by atoms with Gasteiger partial charge in [-0.25, -0.2) is 8.42 Å². The summed E-state index contributed by atoms with van der Waals surface area (Å²) in [7, 11) is -2.93. The molecule has 0 amide bonds. The van der Waals surface area contributed by atoms with Crippen LogP contribution in [-0.4, -0.2) is 32.0 Å². The molecular weight excluding hydrogens is 248 g/mol. The maximum atomic E-state index is 11.3. The van der Waals surface area contributed by atoms with Gasteiger partial charge in [0.25, 0.3) is 0 Å². The van der Waals surface area contributed by atoms with Gasteiger partial charge in [0.05, 0.1) is 5.75 Å². The smallest absolute Gasteiger partial charge is 0.147 e. The van der Waals surface area contributed by atoms with Crippen molar-refractivity contribution in [3.8, 4) is 0 Å². The number of hydrogen-bond acceptors (Lipinski definition) is 4. The number of nitrogens with zero attached hydrogens (tertiary/aromatic N) is 1. The second kappa shape index (κ2) is 6.85. The number of nitrogens with one attached hydrogen (secondary N) is 1. The van der Waals surface area contributed by atoms with E-state index in [1.807, 2.05) is 19.1 Å². The predicted octanol–water partition coefficient (Wildman–Crippen LogP) is 1.87. The second-order valence-electron chi connectivity index (χ2n) is 4.60. The molecule has 0 bridgehead atoms. The fourth-order valence-corrected chi connectivity index (χ4v) is 2.55. The molecule has 1 aromatic rings. The fraction of sp³-hybridized carbons (Fsp3) is 0.615. The number of rotatable bonds is 7. The van der Waals surface area contributed by atoms with Crippen LogP contribution < -0.4 is 5.32 Å². The van der Waals surface area contributed by atoms with E-state index in [1.54, 1.807) is 6.20 Å². The molecule has 0 saturated carbocycles. The van der Waals surface area contributed by atoms with E-state index >= 15 is 0 Å². The molecule has 0 aromatic carbocycles. The number of hydrogen-bond donors (Lipinski definition) is 1. The largest absolute Gasteiger partial charge is 0.310 e. The molecule has 1 N–H and O–H groups in total. The molecule has 18 heavy (non-hydrogen) atoms. The topological polar surface area (TPSA) is 59.1 Å². The minimum atomic E-state index is -2.93. The van der Waals surface area contributed by atoms with E-state index in [9.17, 15) is 8.42 Å². The Labute approximate surface area is 110 Å². The molecule has 102 valence electrons. The lowest BCUT2D eigenvalue weighted by molar-refractivity contribution is 0.510. The Kier molecular flexibility index (Phi) is 5.75. The van der Waals surface area contributed by atoms with Crippen LogP contribution in [0.2, 0.25) is 0 Å². The summed E-state index contributed by atoms with van der Waals surface area (Å²) < 4.78 is 22.6. The zero-order chi connectivity index (χ0) is 13.6. The van der Waals surface area contributed by atoms with Crippen molar-refractivity contribution in [3.05, 3.63) is 29.6 Å². The Hall–Kier alpha value is -0.940. The van der Waals surface area contributed by atoms with Crippen LogP contribution in [0.4, 0.5) is 0 Å². The molecule has 0 spiro atoms. The van der Waals surface area contributed by atoms with Crippen molar-refractivity contribution < 1.29 is 8.42 Å². The molecule has 1 unspecified atom stereocenters. The van der Waals surface area contributed by atoms with Crippen molar-refractivity contribution in [1.82, 2.24) is 10.3 Å². The quantitative estimate of drug-likeness (QED) is 0.821. The molecule has 0 aliphatic heterocycles. The molecule has 0 saturated heterocycles. The lowest BCUT2D eigenvalue weighted by atomic mass is 10.0. The van der Waals surface area contributed by atoms with Gasteiger partial charge in [0.15, 0.2) is 0 Å². The van der Waals surface area contributed by atoms with Crippen molar-refractivity contribution in [1.29, 1.82) is 0 Å². The first kappa shape index (κ1) is 15.1. The van der Waals surface area contributed by atoms with E-state index in [4.69, 9.17) is 0 Å². The predicted molar refractivity (Wildman–Crippen MR) is 74.3 cm³/mol. The molecule has 1 aromatic heterocycles. The molecule has 5 heteroatoms. The maximum absolute atomic E-state index is 11.3. The maximum Gasteiger partial charge on any atom is 0.147 e. The van der Waals surface area contributed by atoms with Crippen LogP contribution in [0.5, 0.6) is 0 Å². The molecule has 1 rings (SSSR count). The van der Waals surface area contributed by atoms with Crippen molar-refractivity contribution in [2.45, 2.75) is 32.7 Å². The monoisotopic (exact) mass is 270 g/mol. The number of sulfone groups is 1.